The normalized spacial score (nSPS) is 20.5. The van der Waals surface area contributed by atoms with E-state index in [1.165, 1.54) is 16.4 Å². The zero-order valence-corrected chi connectivity index (χ0v) is 16.9. The Morgan fingerprint density at radius 1 is 1.19 bits per heavy atom. The lowest BCUT2D eigenvalue weighted by Gasteiger charge is -2.31. The highest BCUT2D eigenvalue weighted by molar-refractivity contribution is 7.90. The minimum absolute atomic E-state index is 0.169. The predicted octanol–water partition coefficient (Wildman–Crippen LogP) is 1.33. The number of nitrogens with zero attached hydrogens (tertiary/aromatic N) is 1. The van der Waals surface area contributed by atoms with Gasteiger partial charge in [-0.05, 0) is 37.0 Å². The van der Waals surface area contributed by atoms with Crippen molar-refractivity contribution < 1.29 is 21.6 Å². The predicted molar refractivity (Wildman–Crippen MR) is 99.9 cm³/mol. The van der Waals surface area contributed by atoms with E-state index in [-0.39, 0.29) is 29.3 Å². The van der Waals surface area contributed by atoms with Crippen molar-refractivity contribution in [3.05, 3.63) is 29.8 Å². The summed E-state index contributed by atoms with van der Waals surface area (Å²) in [6.07, 6.45) is 4.27. The molecule has 0 aromatic heterocycles. The molecule has 0 radical (unpaired) electrons. The molecule has 2 rings (SSSR count). The van der Waals surface area contributed by atoms with Crippen LogP contribution in [-0.2, 0) is 24.7 Å². The second-order valence-corrected chi connectivity index (χ2v) is 10.8. The van der Waals surface area contributed by atoms with Crippen LogP contribution in [-0.4, -0.2) is 52.6 Å². The number of benzene rings is 1. The molecule has 26 heavy (non-hydrogen) atoms. The summed E-state index contributed by atoms with van der Waals surface area (Å²) in [5.41, 5.74) is 0.823. The average molecular weight is 403 g/mol. The van der Waals surface area contributed by atoms with Crippen LogP contribution in [0.5, 0.6) is 0 Å². The van der Waals surface area contributed by atoms with Crippen LogP contribution in [0.4, 0.5) is 0 Å². The molecule has 1 fully saturated rings. The van der Waals surface area contributed by atoms with Crippen molar-refractivity contribution in [2.45, 2.75) is 37.1 Å². The second-order valence-electron chi connectivity index (χ2n) is 6.77. The van der Waals surface area contributed by atoms with Gasteiger partial charge < -0.3 is 5.32 Å². The van der Waals surface area contributed by atoms with Gasteiger partial charge in [0.25, 0.3) is 0 Å². The number of sulfonamides is 1. The van der Waals surface area contributed by atoms with Crippen LogP contribution in [0, 0.1) is 5.92 Å². The largest absolute Gasteiger partial charge is 0.349 e. The zero-order chi connectivity index (χ0) is 19.5. The number of rotatable bonds is 6. The molecule has 0 aliphatic carbocycles. The fourth-order valence-electron chi connectivity index (χ4n) is 3.12. The van der Waals surface area contributed by atoms with Crippen LogP contribution in [0.15, 0.2) is 29.2 Å². The number of sulfone groups is 1. The first-order valence-electron chi connectivity index (χ1n) is 8.58. The fraction of sp³-hybridized carbons (Fsp3) is 0.588. The third kappa shape index (κ3) is 5.28. The maximum absolute atomic E-state index is 12.6. The van der Waals surface area contributed by atoms with Crippen molar-refractivity contribution in [2.75, 3.05) is 25.6 Å². The molecular formula is C17H26N2O5S2. The van der Waals surface area contributed by atoms with Gasteiger partial charge in [-0.3, -0.25) is 4.79 Å². The highest BCUT2D eigenvalue weighted by atomic mass is 32.2. The molecule has 1 aromatic rings. The highest BCUT2D eigenvalue weighted by Crippen LogP contribution is 2.23. The van der Waals surface area contributed by atoms with Gasteiger partial charge in [0.1, 0.15) is 0 Å². The summed E-state index contributed by atoms with van der Waals surface area (Å²) < 4.78 is 47.9. The number of carbonyl (C=O) groups excluding carboxylic acids is 1. The Hall–Kier alpha value is -1.45. The average Bonchev–Trinajstić information content (AvgIpc) is 2.58. The van der Waals surface area contributed by atoms with Gasteiger partial charge in [-0.1, -0.05) is 19.1 Å². The molecule has 0 bridgehead atoms. The number of nitrogens with one attached hydrogen (secondary N) is 1. The Morgan fingerprint density at radius 3 is 2.31 bits per heavy atom. The Labute approximate surface area is 155 Å². The van der Waals surface area contributed by atoms with Crippen LogP contribution < -0.4 is 5.32 Å². The van der Waals surface area contributed by atoms with Gasteiger partial charge in [-0.2, -0.15) is 0 Å². The quantitative estimate of drug-likeness (QED) is 0.774. The van der Waals surface area contributed by atoms with Crippen molar-refractivity contribution in [1.29, 1.82) is 0 Å². The van der Waals surface area contributed by atoms with E-state index in [0.29, 0.717) is 25.8 Å². The Balaban J connectivity index is 2.08. The van der Waals surface area contributed by atoms with Gasteiger partial charge in [-0.15, -0.1) is 0 Å². The summed E-state index contributed by atoms with van der Waals surface area (Å²) >= 11 is 0. The van der Waals surface area contributed by atoms with Gasteiger partial charge in [0.2, 0.25) is 15.9 Å². The Bertz CT molecular complexity index is 848. The van der Waals surface area contributed by atoms with E-state index in [9.17, 15) is 21.6 Å². The first kappa shape index (κ1) is 20.9. The molecule has 7 nitrogen and oxygen atoms in total. The summed E-state index contributed by atoms with van der Waals surface area (Å²) in [5.74, 6) is -0.541. The number of carbonyl (C=O) groups is 1. The van der Waals surface area contributed by atoms with Crippen LogP contribution in [0.25, 0.3) is 0 Å². The van der Waals surface area contributed by atoms with Crippen molar-refractivity contribution in [1.82, 2.24) is 9.62 Å². The third-order valence-electron chi connectivity index (χ3n) is 4.66. The maximum atomic E-state index is 12.6. The minimum atomic E-state index is -3.30. The molecule has 1 aliphatic rings. The number of hydrogen-bond donors (Lipinski definition) is 1. The van der Waals surface area contributed by atoms with E-state index in [0.717, 1.165) is 18.1 Å². The van der Waals surface area contributed by atoms with Crippen molar-refractivity contribution >= 4 is 25.8 Å². The van der Waals surface area contributed by atoms with Gasteiger partial charge in [-0.25, -0.2) is 21.1 Å². The molecule has 1 saturated heterocycles. The lowest BCUT2D eigenvalue weighted by molar-refractivity contribution is -0.126. The highest BCUT2D eigenvalue weighted by Gasteiger charge is 2.31. The van der Waals surface area contributed by atoms with E-state index in [1.54, 1.807) is 12.1 Å². The third-order valence-corrected chi connectivity index (χ3v) is 7.06. The summed E-state index contributed by atoms with van der Waals surface area (Å²) in [4.78, 5) is 12.8. The molecule has 1 heterocycles. The molecule has 1 amide bonds. The molecule has 2 unspecified atom stereocenters. The lowest BCUT2D eigenvalue weighted by atomic mass is 9.97. The van der Waals surface area contributed by atoms with E-state index in [4.69, 9.17) is 0 Å². The van der Waals surface area contributed by atoms with Crippen LogP contribution >= 0.6 is 0 Å². The number of amides is 1. The van der Waals surface area contributed by atoms with Crippen LogP contribution in [0.3, 0.4) is 0 Å². The first-order valence-corrected chi connectivity index (χ1v) is 12.3. The van der Waals surface area contributed by atoms with E-state index in [1.807, 2.05) is 6.92 Å². The molecule has 0 saturated carbocycles. The summed E-state index contributed by atoms with van der Waals surface area (Å²) in [5, 5.41) is 2.97. The molecule has 1 aromatic carbocycles. The number of piperidine rings is 1. The van der Waals surface area contributed by atoms with Crippen molar-refractivity contribution in [3.8, 4) is 0 Å². The fourth-order valence-corrected chi connectivity index (χ4v) is 4.66. The van der Waals surface area contributed by atoms with Gasteiger partial charge in [0.15, 0.2) is 9.84 Å². The monoisotopic (exact) mass is 402 g/mol. The topological polar surface area (TPSA) is 101 Å². The zero-order valence-electron chi connectivity index (χ0n) is 15.3. The molecule has 1 N–H and O–H groups in total. The maximum Gasteiger partial charge on any atom is 0.224 e. The van der Waals surface area contributed by atoms with Crippen LogP contribution in [0.2, 0.25) is 0 Å². The van der Waals surface area contributed by atoms with Gasteiger partial charge in [0.05, 0.1) is 23.1 Å². The smallest absolute Gasteiger partial charge is 0.224 e. The Morgan fingerprint density at radius 2 is 1.81 bits per heavy atom. The second kappa shape index (κ2) is 8.06. The van der Waals surface area contributed by atoms with E-state index < -0.39 is 19.9 Å². The summed E-state index contributed by atoms with van der Waals surface area (Å²) in [6, 6.07) is 6.23. The van der Waals surface area contributed by atoms with E-state index >= 15 is 0 Å². The summed E-state index contributed by atoms with van der Waals surface area (Å²) in [7, 11) is -6.56. The molecule has 2 atom stereocenters. The SMILES string of the molecule is CCC(NC(=O)C1CCCN(S(C)(=O)=O)C1)c1ccc(S(C)(=O)=O)cc1. The van der Waals surface area contributed by atoms with Gasteiger partial charge in [0, 0.05) is 19.3 Å². The summed E-state index contributed by atoms with van der Waals surface area (Å²) in [6.45, 7) is 2.58. The molecule has 146 valence electrons. The number of hydrogen-bond acceptors (Lipinski definition) is 5. The molecule has 9 heteroatoms. The minimum Gasteiger partial charge on any atom is -0.349 e. The van der Waals surface area contributed by atoms with E-state index in [2.05, 4.69) is 5.32 Å². The Kier molecular flexibility index (Phi) is 6.46. The van der Waals surface area contributed by atoms with Crippen molar-refractivity contribution in [2.24, 2.45) is 5.92 Å². The van der Waals surface area contributed by atoms with Crippen LogP contribution in [0.1, 0.15) is 37.8 Å². The standard InChI is InChI=1S/C17H26N2O5S2/c1-4-16(13-7-9-15(10-8-13)25(2,21)22)18-17(20)14-6-5-11-19(12-14)26(3,23)24/h7-10,14,16H,4-6,11-12H2,1-3H3,(H,18,20). The van der Waals surface area contributed by atoms with Gasteiger partial charge >= 0.3 is 0 Å². The molecule has 1 aliphatic heterocycles. The lowest BCUT2D eigenvalue weighted by Crippen LogP contribution is -2.45. The molecular weight excluding hydrogens is 376 g/mol. The van der Waals surface area contributed by atoms with Crippen molar-refractivity contribution in [3.63, 3.8) is 0 Å². The molecule has 0 spiro atoms. The first-order chi connectivity index (χ1) is 12.0.